The molecule has 2 aromatic heterocycles. The Hall–Kier alpha value is -1.80. The van der Waals surface area contributed by atoms with Crippen molar-refractivity contribution in [3.8, 4) is 17.5 Å². The number of pyridine rings is 1. The van der Waals surface area contributed by atoms with E-state index in [1.54, 1.807) is 18.2 Å². The van der Waals surface area contributed by atoms with Gasteiger partial charge in [-0.2, -0.15) is 5.26 Å². The molecule has 2 rings (SSSR count). The molecule has 0 aliphatic carbocycles. The maximum absolute atomic E-state index is 8.62. The van der Waals surface area contributed by atoms with Gasteiger partial charge in [0.25, 0.3) is 0 Å². The van der Waals surface area contributed by atoms with Crippen LogP contribution in [0.1, 0.15) is 5.56 Å². The van der Waals surface area contributed by atoms with E-state index in [-0.39, 0.29) is 0 Å². The van der Waals surface area contributed by atoms with Gasteiger partial charge in [-0.25, -0.2) is 9.97 Å². The molecule has 0 aromatic carbocycles. The molecule has 0 atom stereocenters. The minimum atomic E-state index is 0.534. The van der Waals surface area contributed by atoms with E-state index in [0.717, 1.165) is 11.4 Å². The van der Waals surface area contributed by atoms with E-state index in [1.165, 1.54) is 12.5 Å². The third-order valence-electron chi connectivity index (χ3n) is 1.79. The number of hydrogen-bond acceptors (Lipinski definition) is 4. The van der Waals surface area contributed by atoms with E-state index in [2.05, 4.69) is 30.9 Å². The van der Waals surface area contributed by atoms with Crippen LogP contribution in [0.3, 0.4) is 0 Å². The lowest BCUT2D eigenvalue weighted by Crippen LogP contribution is -1.89. The number of nitriles is 1. The second-order valence-electron chi connectivity index (χ2n) is 2.77. The molecule has 0 aliphatic rings. The highest BCUT2D eigenvalue weighted by Crippen LogP contribution is 2.16. The fourth-order valence-corrected chi connectivity index (χ4v) is 1.39. The Morgan fingerprint density at radius 1 is 1.13 bits per heavy atom. The maximum atomic E-state index is 8.62. The number of nitrogens with zero attached hydrogens (tertiary/aromatic N) is 4. The summed E-state index contributed by atoms with van der Waals surface area (Å²) in [5.74, 6) is 0. The van der Waals surface area contributed by atoms with Crippen LogP contribution in [0.5, 0.6) is 0 Å². The predicted octanol–water partition coefficient (Wildman–Crippen LogP) is 2.17. The Balaban J connectivity index is 2.42. The number of rotatable bonds is 1. The van der Waals surface area contributed by atoms with Gasteiger partial charge in [0.15, 0.2) is 0 Å². The monoisotopic (exact) mass is 260 g/mol. The fourth-order valence-electron chi connectivity index (χ4n) is 1.09. The van der Waals surface area contributed by atoms with E-state index < -0.39 is 0 Å². The van der Waals surface area contributed by atoms with E-state index in [1.807, 2.05) is 6.07 Å². The molecular formula is C10H5BrN4. The molecule has 72 valence electrons. The molecule has 2 aromatic rings. The zero-order valence-corrected chi connectivity index (χ0v) is 9.14. The average Bonchev–Trinajstić information content (AvgIpc) is 2.29. The van der Waals surface area contributed by atoms with Gasteiger partial charge in [-0.05, 0) is 34.1 Å². The molecule has 0 saturated carbocycles. The Bertz CT molecular complexity index is 516. The van der Waals surface area contributed by atoms with Crippen LogP contribution in [-0.4, -0.2) is 15.0 Å². The Morgan fingerprint density at radius 2 is 2.00 bits per heavy atom. The molecule has 0 unspecified atom stereocenters. The first-order chi connectivity index (χ1) is 7.29. The summed E-state index contributed by atoms with van der Waals surface area (Å²) in [6.07, 6.45) is 2.98. The van der Waals surface area contributed by atoms with E-state index >= 15 is 0 Å². The van der Waals surface area contributed by atoms with Crippen molar-refractivity contribution in [2.45, 2.75) is 0 Å². The zero-order chi connectivity index (χ0) is 10.7. The molecule has 0 N–H and O–H groups in total. The van der Waals surface area contributed by atoms with Gasteiger partial charge in [0, 0.05) is 6.20 Å². The number of halogens is 1. The van der Waals surface area contributed by atoms with E-state index in [0.29, 0.717) is 10.2 Å². The Kier molecular flexibility index (Phi) is 2.70. The van der Waals surface area contributed by atoms with Gasteiger partial charge >= 0.3 is 0 Å². The van der Waals surface area contributed by atoms with Crippen molar-refractivity contribution in [3.63, 3.8) is 0 Å². The lowest BCUT2D eigenvalue weighted by Gasteiger charge is -1.99. The minimum absolute atomic E-state index is 0.534. The molecule has 0 fully saturated rings. The van der Waals surface area contributed by atoms with Crippen molar-refractivity contribution in [1.29, 1.82) is 5.26 Å². The third-order valence-corrected chi connectivity index (χ3v) is 2.22. The predicted molar refractivity (Wildman–Crippen MR) is 57.7 cm³/mol. The van der Waals surface area contributed by atoms with Crippen molar-refractivity contribution in [2.24, 2.45) is 0 Å². The first-order valence-electron chi connectivity index (χ1n) is 4.13. The Labute approximate surface area is 94.8 Å². The van der Waals surface area contributed by atoms with Gasteiger partial charge < -0.3 is 0 Å². The van der Waals surface area contributed by atoms with Crippen LogP contribution < -0.4 is 0 Å². The molecule has 0 radical (unpaired) electrons. The third kappa shape index (κ3) is 2.17. The average molecular weight is 261 g/mol. The smallest absolute Gasteiger partial charge is 0.117 e. The van der Waals surface area contributed by atoms with Crippen LogP contribution in [0.15, 0.2) is 35.3 Å². The van der Waals surface area contributed by atoms with Gasteiger partial charge in [0.05, 0.1) is 17.0 Å². The molecule has 15 heavy (non-hydrogen) atoms. The van der Waals surface area contributed by atoms with Crippen molar-refractivity contribution in [1.82, 2.24) is 15.0 Å². The van der Waals surface area contributed by atoms with Crippen LogP contribution in [0.2, 0.25) is 0 Å². The molecule has 0 spiro atoms. The van der Waals surface area contributed by atoms with Crippen molar-refractivity contribution in [2.75, 3.05) is 0 Å². The van der Waals surface area contributed by atoms with E-state index in [9.17, 15) is 0 Å². The highest BCUT2D eigenvalue weighted by atomic mass is 79.9. The molecule has 2 heterocycles. The summed E-state index contributed by atoms with van der Waals surface area (Å²) >= 11 is 3.26. The molecule has 0 bridgehead atoms. The largest absolute Gasteiger partial charge is 0.253 e. The SMILES string of the molecule is N#Cc1ccc(-c2cc(Br)ncn2)nc1. The van der Waals surface area contributed by atoms with Gasteiger partial charge in [-0.3, -0.25) is 4.98 Å². The standard InChI is InChI=1S/C10H5BrN4/c11-10-3-9(14-6-15-10)8-2-1-7(4-12)5-13-8/h1-3,5-6H. The summed E-state index contributed by atoms with van der Waals surface area (Å²) in [5.41, 5.74) is 1.98. The molecule has 0 amide bonds. The van der Waals surface area contributed by atoms with Crippen LogP contribution in [-0.2, 0) is 0 Å². The van der Waals surface area contributed by atoms with Crippen LogP contribution >= 0.6 is 15.9 Å². The van der Waals surface area contributed by atoms with Gasteiger partial charge in [0.2, 0.25) is 0 Å². The normalized spacial score (nSPS) is 9.60. The lowest BCUT2D eigenvalue weighted by molar-refractivity contribution is 1.13. The highest BCUT2D eigenvalue weighted by molar-refractivity contribution is 9.10. The second kappa shape index (κ2) is 4.15. The molecule has 4 nitrogen and oxygen atoms in total. The van der Waals surface area contributed by atoms with E-state index in [4.69, 9.17) is 5.26 Å². The summed E-state index contributed by atoms with van der Waals surface area (Å²) in [4.78, 5) is 12.1. The quantitative estimate of drug-likeness (QED) is 0.738. The summed E-state index contributed by atoms with van der Waals surface area (Å²) in [6.45, 7) is 0. The highest BCUT2D eigenvalue weighted by Gasteiger charge is 2.01. The van der Waals surface area contributed by atoms with Crippen LogP contribution in [0.25, 0.3) is 11.4 Å². The van der Waals surface area contributed by atoms with Crippen molar-refractivity contribution < 1.29 is 0 Å². The zero-order valence-electron chi connectivity index (χ0n) is 7.55. The summed E-state index contributed by atoms with van der Waals surface area (Å²) in [5, 5.41) is 8.62. The van der Waals surface area contributed by atoms with Crippen LogP contribution in [0.4, 0.5) is 0 Å². The van der Waals surface area contributed by atoms with Crippen molar-refractivity contribution in [3.05, 3.63) is 40.9 Å². The molecular weight excluding hydrogens is 256 g/mol. The van der Waals surface area contributed by atoms with Gasteiger partial charge in [0.1, 0.15) is 17.0 Å². The first-order valence-corrected chi connectivity index (χ1v) is 4.93. The molecule has 0 saturated heterocycles. The lowest BCUT2D eigenvalue weighted by atomic mass is 10.2. The maximum Gasteiger partial charge on any atom is 0.117 e. The fraction of sp³-hybridized carbons (Fsp3) is 0. The summed E-state index contributed by atoms with van der Waals surface area (Å²) < 4.78 is 0.707. The molecule has 5 heteroatoms. The van der Waals surface area contributed by atoms with Crippen molar-refractivity contribution >= 4 is 15.9 Å². The summed E-state index contributed by atoms with van der Waals surface area (Å²) in [6, 6.07) is 7.25. The minimum Gasteiger partial charge on any atom is -0.253 e. The number of hydrogen-bond donors (Lipinski definition) is 0. The number of aromatic nitrogens is 3. The summed E-state index contributed by atoms with van der Waals surface area (Å²) in [7, 11) is 0. The Morgan fingerprint density at radius 3 is 2.60 bits per heavy atom. The van der Waals surface area contributed by atoms with Crippen LogP contribution in [0, 0.1) is 11.3 Å². The first kappa shape index (κ1) is 9.74. The topological polar surface area (TPSA) is 62.5 Å². The molecule has 0 aliphatic heterocycles. The van der Waals surface area contributed by atoms with Gasteiger partial charge in [-0.1, -0.05) is 0 Å². The second-order valence-corrected chi connectivity index (χ2v) is 3.58. The van der Waals surface area contributed by atoms with Gasteiger partial charge in [-0.15, -0.1) is 0 Å².